The van der Waals surface area contributed by atoms with Crippen LogP contribution in [0.3, 0.4) is 0 Å². The van der Waals surface area contributed by atoms with Crippen LogP contribution < -0.4 is 5.73 Å². The molecule has 6 heteroatoms. The SMILES string of the molecule is CCCCS(=O)c1sc2nc(-c3ccccc3)nc(-c3ccccc3)c2c1N. The van der Waals surface area contributed by atoms with Gasteiger partial charge in [-0.2, -0.15) is 0 Å². The van der Waals surface area contributed by atoms with Gasteiger partial charge in [0.1, 0.15) is 9.04 Å². The Bertz CT molecular complexity index is 1120. The van der Waals surface area contributed by atoms with E-state index in [1.807, 2.05) is 60.7 Å². The molecular weight excluding hydrogens is 386 g/mol. The molecule has 2 aromatic carbocycles. The summed E-state index contributed by atoms with van der Waals surface area (Å²) in [6, 6.07) is 19.9. The Morgan fingerprint density at radius 1 is 0.964 bits per heavy atom. The third-order valence-electron chi connectivity index (χ3n) is 4.52. The van der Waals surface area contributed by atoms with Crippen molar-refractivity contribution >= 4 is 38.0 Å². The van der Waals surface area contributed by atoms with E-state index < -0.39 is 10.8 Å². The molecule has 0 saturated heterocycles. The van der Waals surface area contributed by atoms with Gasteiger partial charge in [0.05, 0.1) is 27.6 Å². The Labute approximate surface area is 170 Å². The van der Waals surface area contributed by atoms with Gasteiger partial charge in [0.25, 0.3) is 0 Å². The number of anilines is 1. The number of aromatic nitrogens is 2. The highest BCUT2D eigenvalue weighted by molar-refractivity contribution is 7.87. The summed E-state index contributed by atoms with van der Waals surface area (Å²) in [5.41, 5.74) is 9.73. The summed E-state index contributed by atoms with van der Waals surface area (Å²) in [6.07, 6.45) is 1.91. The second kappa shape index (κ2) is 8.20. The molecule has 28 heavy (non-hydrogen) atoms. The zero-order valence-corrected chi connectivity index (χ0v) is 17.2. The van der Waals surface area contributed by atoms with Crippen molar-refractivity contribution in [1.82, 2.24) is 9.97 Å². The molecule has 2 heterocycles. The maximum Gasteiger partial charge on any atom is 0.161 e. The number of hydrogen-bond acceptors (Lipinski definition) is 5. The van der Waals surface area contributed by atoms with Crippen molar-refractivity contribution in [2.75, 3.05) is 11.5 Å². The van der Waals surface area contributed by atoms with E-state index in [2.05, 4.69) is 6.92 Å². The van der Waals surface area contributed by atoms with Crippen molar-refractivity contribution in [2.45, 2.75) is 24.0 Å². The number of unbranched alkanes of at least 4 members (excludes halogenated alkanes) is 1. The van der Waals surface area contributed by atoms with E-state index in [4.69, 9.17) is 15.7 Å². The topological polar surface area (TPSA) is 68.9 Å². The summed E-state index contributed by atoms with van der Waals surface area (Å²) in [6.45, 7) is 2.09. The summed E-state index contributed by atoms with van der Waals surface area (Å²) < 4.78 is 13.5. The molecule has 0 bridgehead atoms. The van der Waals surface area contributed by atoms with Gasteiger partial charge in [-0.15, -0.1) is 11.3 Å². The minimum absolute atomic E-state index is 0.549. The van der Waals surface area contributed by atoms with Gasteiger partial charge < -0.3 is 5.73 Å². The summed E-state index contributed by atoms with van der Waals surface area (Å²) in [4.78, 5) is 10.4. The van der Waals surface area contributed by atoms with Gasteiger partial charge in [0, 0.05) is 16.9 Å². The molecule has 0 saturated carbocycles. The van der Waals surface area contributed by atoms with Crippen LogP contribution in [-0.4, -0.2) is 19.9 Å². The predicted octanol–water partition coefficient (Wildman–Crippen LogP) is 5.52. The molecule has 0 radical (unpaired) electrons. The average molecular weight is 408 g/mol. The predicted molar refractivity (Wildman–Crippen MR) is 119 cm³/mol. The van der Waals surface area contributed by atoms with Gasteiger partial charge in [-0.3, -0.25) is 4.21 Å². The first kappa shape index (κ1) is 18.8. The summed E-state index contributed by atoms with van der Waals surface area (Å²) in [7, 11) is -1.12. The van der Waals surface area contributed by atoms with E-state index in [1.165, 1.54) is 11.3 Å². The second-order valence-electron chi connectivity index (χ2n) is 6.51. The Kier molecular flexibility index (Phi) is 5.50. The highest BCUT2D eigenvalue weighted by atomic mass is 32.2. The molecule has 0 aliphatic rings. The number of nitrogens with zero attached hydrogens (tertiary/aromatic N) is 2. The lowest BCUT2D eigenvalue weighted by Gasteiger charge is -2.07. The third kappa shape index (κ3) is 3.57. The summed E-state index contributed by atoms with van der Waals surface area (Å²) in [5.74, 6) is 1.27. The Morgan fingerprint density at radius 2 is 1.61 bits per heavy atom. The summed E-state index contributed by atoms with van der Waals surface area (Å²) >= 11 is 1.42. The van der Waals surface area contributed by atoms with E-state index in [9.17, 15) is 4.21 Å². The van der Waals surface area contributed by atoms with E-state index in [0.717, 1.165) is 39.9 Å². The standard InChI is InChI=1S/C22H21N3OS2/c1-2-3-14-28(26)22-18(23)17-19(15-10-6-4-7-11-15)24-20(25-21(17)27-22)16-12-8-5-9-13-16/h4-13H,2-3,14,23H2,1H3. The third-order valence-corrected chi connectivity index (χ3v) is 7.52. The van der Waals surface area contributed by atoms with Crippen LogP contribution in [0.5, 0.6) is 0 Å². The molecular formula is C22H21N3OS2. The first-order chi connectivity index (χ1) is 13.7. The fourth-order valence-corrected chi connectivity index (χ4v) is 5.83. The smallest absolute Gasteiger partial charge is 0.161 e. The zero-order valence-electron chi connectivity index (χ0n) is 15.6. The number of thiophene rings is 1. The molecule has 0 spiro atoms. The second-order valence-corrected chi connectivity index (χ2v) is 9.28. The van der Waals surface area contributed by atoms with Crippen LogP contribution in [0, 0.1) is 0 Å². The maximum absolute atomic E-state index is 12.8. The normalized spacial score (nSPS) is 12.3. The van der Waals surface area contributed by atoms with E-state index in [-0.39, 0.29) is 0 Å². The Hall–Kier alpha value is -2.57. The van der Waals surface area contributed by atoms with Crippen molar-refractivity contribution in [2.24, 2.45) is 0 Å². The van der Waals surface area contributed by atoms with Crippen LogP contribution in [0.4, 0.5) is 5.69 Å². The lowest BCUT2D eigenvalue weighted by Crippen LogP contribution is -1.99. The number of rotatable bonds is 6. The molecule has 4 aromatic rings. The van der Waals surface area contributed by atoms with Gasteiger partial charge in [-0.1, -0.05) is 74.0 Å². The number of nitrogen functional groups attached to an aromatic ring is 1. The molecule has 4 rings (SSSR count). The van der Waals surface area contributed by atoms with Crippen LogP contribution >= 0.6 is 11.3 Å². The minimum atomic E-state index is -1.12. The molecule has 0 aliphatic carbocycles. The first-order valence-corrected chi connectivity index (χ1v) is 11.4. The highest BCUT2D eigenvalue weighted by Crippen LogP contribution is 2.41. The molecule has 2 N–H and O–H groups in total. The fraction of sp³-hybridized carbons (Fsp3) is 0.182. The van der Waals surface area contributed by atoms with Crippen molar-refractivity contribution in [3.8, 4) is 22.6 Å². The number of benzene rings is 2. The van der Waals surface area contributed by atoms with Crippen LogP contribution in [0.2, 0.25) is 0 Å². The minimum Gasteiger partial charge on any atom is -0.396 e. The van der Waals surface area contributed by atoms with Crippen molar-refractivity contribution < 1.29 is 4.21 Å². The highest BCUT2D eigenvalue weighted by Gasteiger charge is 2.21. The molecule has 1 unspecified atom stereocenters. The van der Waals surface area contributed by atoms with Crippen LogP contribution in [0.15, 0.2) is 64.9 Å². The van der Waals surface area contributed by atoms with Crippen LogP contribution in [-0.2, 0) is 10.8 Å². The first-order valence-electron chi connectivity index (χ1n) is 9.28. The molecule has 1 atom stereocenters. The number of hydrogen-bond donors (Lipinski definition) is 1. The molecule has 0 aliphatic heterocycles. The molecule has 2 aromatic heterocycles. The largest absolute Gasteiger partial charge is 0.396 e. The van der Waals surface area contributed by atoms with E-state index in [0.29, 0.717) is 21.5 Å². The van der Waals surface area contributed by atoms with E-state index >= 15 is 0 Å². The average Bonchev–Trinajstić information content (AvgIpc) is 3.09. The van der Waals surface area contributed by atoms with Crippen LogP contribution in [0.25, 0.3) is 32.9 Å². The Morgan fingerprint density at radius 3 is 2.25 bits per heavy atom. The molecule has 4 nitrogen and oxygen atoms in total. The number of nitrogens with two attached hydrogens (primary N) is 1. The lowest BCUT2D eigenvalue weighted by atomic mass is 10.1. The van der Waals surface area contributed by atoms with Crippen molar-refractivity contribution in [1.29, 1.82) is 0 Å². The van der Waals surface area contributed by atoms with Gasteiger partial charge in [-0.05, 0) is 6.42 Å². The quantitative estimate of drug-likeness (QED) is 0.457. The monoisotopic (exact) mass is 407 g/mol. The fourth-order valence-electron chi connectivity index (χ4n) is 3.06. The van der Waals surface area contributed by atoms with Crippen molar-refractivity contribution in [3.05, 3.63) is 60.7 Å². The van der Waals surface area contributed by atoms with Gasteiger partial charge in [0.2, 0.25) is 0 Å². The molecule has 0 fully saturated rings. The maximum atomic E-state index is 12.8. The van der Waals surface area contributed by atoms with E-state index in [1.54, 1.807) is 0 Å². The summed E-state index contributed by atoms with van der Waals surface area (Å²) in [5, 5.41) is 0.802. The Balaban J connectivity index is 1.95. The lowest BCUT2D eigenvalue weighted by molar-refractivity contribution is 0.681. The van der Waals surface area contributed by atoms with Crippen LogP contribution in [0.1, 0.15) is 19.8 Å². The zero-order chi connectivity index (χ0) is 19.5. The number of fused-ring (bicyclic) bond motifs is 1. The van der Waals surface area contributed by atoms with Gasteiger partial charge >= 0.3 is 0 Å². The van der Waals surface area contributed by atoms with Gasteiger partial charge in [-0.25, -0.2) is 9.97 Å². The molecule has 142 valence electrons. The van der Waals surface area contributed by atoms with Crippen molar-refractivity contribution in [3.63, 3.8) is 0 Å². The van der Waals surface area contributed by atoms with Gasteiger partial charge in [0.15, 0.2) is 5.82 Å². The molecule has 0 amide bonds.